The summed E-state index contributed by atoms with van der Waals surface area (Å²) in [7, 11) is -1.43. The van der Waals surface area contributed by atoms with Crippen LogP contribution in [0.25, 0.3) is 0 Å². The van der Waals surface area contributed by atoms with Crippen LogP contribution in [0.2, 0.25) is 0 Å². The van der Waals surface area contributed by atoms with E-state index in [9.17, 15) is 0 Å². The Morgan fingerprint density at radius 2 is 1.82 bits per heavy atom. The molecular weight excluding hydrogens is 141 g/mol. The third kappa shape index (κ3) is 3.18. The Morgan fingerprint density at radius 3 is 2.36 bits per heavy atom. The molecule has 1 rings (SSSR count). The van der Waals surface area contributed by atoms with Crippen LogP contribution in [-0.2, 0) is 6.54 Å². The van der Waals surface area contributed by atoms with Crippen LogP contribution in [0.5, 0.6) is 0 Å². The highest BCUT2D eigenvalue weighted by Crippen LogP contribution is 1.96. The molecule has 1 aromatic carbocycles. The molecule has 0 aliphatic heterocycles. The molecule has 0 saturated heterocycles. The SMILES string of the molecule is OB(O)NCc1ccccc1. The number of benzene rings is 1. The molecular formula is C7H10BNO2. The number of hydrogen-bond acceptors (Lipinski definition) is 3. The van der Waals surface area contributed by atoms with Gasteiger partial charge in [-0.3, -0.25) is 0 Å². The van der Waals surface area contributed by atoms with Gasteiger partial charge in [0.1, 0.15) is 0 Å². The van der Waals surface area contributed by atoms with Gasteiger partial charge in [-0.1, -0.05) is 30.3 Å². The molecule has 0 aliphatic rings. The van der Waals surface area contributed by atoms with E-state index in [-0.39, 0.29) is 0 Å². The minimum absolute atomic E-state index is 0.471. The second kappa shape index (κ2) is 4.13. The molecule has 0 fully saturated rings. The Hall–Kier alpha value is -0.835. The maximum absolute atomic E-state index is 8.46. The van der Waals surface area contributed by atoms with Gasteiger partial charge in [0.25, 0.3) is 0 Å². The third-order valence-electron chi connectivity index (χ3n) is 1.33. The first-order valence-electron chi connectivity index (χ1n) is 3.42. The molecule has 4 heteroatoms. The van der Waals surface area contributed by atoms with Crippen LogP contribution in [0.15, 0.2) is 30.3 Å². The van der Waals surface area contributed by atoms with E-state index in [4.69, 9.17) is 10.0 Å². The van der Waals surface area contributed by atoms with Crippen LogP contribution in [0.4, 0.5) is 0 Å². The maximum atomic E-state index is 8.46. The minimum Gasteiger partial charge on any atom is -0.413 e. The van der Waals surface area contributed by atoms with Crippen LogP contribution >= 0.6 is 0 Å². The predicted molar refractivity (Wildman–Crippen MR) is 43.5 cm³/mol. The topological polar surface area (TPSA) is 52.5 Å². The normalized spacial score (nSPS) is 9.64. The summed E-state index contributed by atoms with van der Waals surface area (Å²) in [4.78, 5) is 0. The first-order valence-corrected chi connectivity index (χ1v) is 3.42. The van der Waals surface area contributed by atoms with Crippen molar-refractivity contribution in [3.63, 3.8) is 0 Å². The quantitative estimate of drug-likeness (QED) is 0.522. The van der Waals surface area contributed by atoms with Crippen molar-refractivity contribution < 1.29 is 10.0 Å². The van der Waals surface area contributed by atoms with Crippen LogP contribution in [0, 0.1) is 0 Å². The van der Waals surface area contributed by atoms with E-state index in [2.05, 4.69) is 5.23 Å². The summed E-state index contributed by atoms with van der Waals surface area (Å²) in [6, 6.07) is 9.55. The van der Waals surface area contributed by atoms with Gasteiger partial charge in [-0.25, -0.2) is 0 Å². The average molecular weight is 151 g/mol. The van der Waals surface area contributed by atoms with Crippen LogP contribution in [0.3, 0.4) is 0 Å². The zero-order valence-electron chi connectivity index (χ0n) is 6.07. The summed E-state index contributed by atoms with van der Waals surface area (Å²) in [6.07, 6.45) is 0. The zero-order valence-corrected chi connectivity index (χ0v) is 6.07. The summed E-state index contributed by atoms with van der Waals surface area (Å²) in [6.45, 7) is 0.471. The van der Waals surface area contributed by atoms with E-state index >= 15 is 0 Å². The molecule has 0 bridgehead atoms. The van der Waals surface area contributed by atoms with E-state index in [1.54, 1.807) is 0 Å². The lowest BCUT2D eigenvalue weighted by Crippen LogP contribution is -2.32. The molecule has 0 atom stereocenters. The lowest BCUT2D eigenvalue weighted by Gasteiger charge is -2.01. The van der Waals surface area contributed by atoms with E-state index in [0.29, 0.717) is 6.54 Å². The Bertz CT molecular complexity index is 203. The highest BCUT2D eigenvalue weighted by molar-refractivity contribution is 6.37. The predicted octanol–water partition coefficient (Wildman–Crippen LogP) is -0.254. The summed E-state index contributed by atoms with van der Waals surface area (Å²) in [5.41, 5.74) is 1.03. The first-order chi connectivity index (χ1) is 5.29. The fraction of sp³-hybridized carbons (Fsp3) is 0.143. The van der Waals surface area contributed by atoms with Crippen LogP contribution in [0.1, 0.15) is 5.56 Å². The van der Waals surface area contributed by atoms with Crippen molar-refractivity contribution in [2.24, 2.45) is 0 Å². The molecule has 0 heterocycles. The van der Waals surface area contributed by atoms with Gasteiger partial charge in [0, 0.05) is 6.54 Å². The fourth-order valence-corrected chi connectivity index (χ4v) is 0.805. The highest BCUT2D eigenvalue weighted by Gasteiger charge is 2.04. The van der Waals surface area contributed by atoms with Gasteiger partial charge in [0.2, 0.25) is 0 Å². The number of nitrogens with one attached hydrogen (secondary N) is 1. The standard InChI is InChI=1S/C7H10BNO2/c10-8(11)9-6-7-4-2-1-3-5-7/h1-5,9-11H,6H2. The monoisotopic (exact) mass is 151 g/mol. The molecule has 0 spiro atoms. The highest BCUT2D eigenvalue weighted by atomic mass is 16.4. The Morgan fingerprint density at radius 1 is 1.18 bits per heavy atom. The van der Waals surface area contributed by atoms with E-state index in [0.717, 1.165) is 5.56 Å². The second-order valence-electron chi connectivity index (χ2n) is 2.24. The van der Waals surface area contributed by atoms with Crippen molar-refractivity contribution in [2.45, 2.75) is 6.54 Å². The van der Waals surface area contributed by atoms with Crippen LogP contribution in [-0.4, -0.2) is 17.3 Å². The molecule has 58 valence electrons. The molecule has 0 saturated carbocycles. The summed E-state index contributed by atoms with van der Waals surface area (Å²) in [5.74, 6) is 0. The van der Waals surface area contributed by atoms with Gasteiger partial charge in [0.05, 0.1) is 0 Å². The summed E-state index contributed by atoms with van der Waals surface area (Å²) >= 11 is 0. The lowest BCUT2D eigenvalue weighted by atomic mass is 10.1. The fourth-order valence-electron chi connectivity index (χ4n) is 0.805. The number of hydrogen-bond donors (Lipinski definition) is 3. The van der Waals surface area contributed by atoms with Gasteiger partial charge in [-0.05, 0) is 5.56 Å². The van der Waals surface area contributed by atoms with Gasteiger partial charge < -0.3 is 15.3 Å². The molecule has 3 N–H and O–H groups in total. The lowest BCUT2D eigenvalue weighted by molar-refractivity contribution is 0.385. The smallest absolute Gasteiger partial charge is 0.413 e. The second-order valence-corrected chi connectivity index (χ2v) is 2.24. The van der Waals surface area contributed by atoms with Crippen molar-refractivity contribution in [1.82, 2.24) is 5.23 Å². The van der Waals surface area contributed by atoms with Gasteiger partial charge in [-0.15, -0.1) is 0 Å². The Labute approximate surface area is 65.8 Å². The molecule has 0 unspecified atom stereocenters. The number of rotatable bonds is 3. The Kier molecular flexibility index (Phi) is 3.10. The molecule has 11 heavy (non-hydrogen) atoms. The van der Waals surface area contributed by atoms with E-state index in [1.807, 2.05) is 30.3 Å². The van der Waals surface area contributed by atoms with Crippen molar-refractivity contribution in [3.05, 3.63) is 35.9 Å². The molecule has 0 aliphatic carbocycles. The van der Waals surface area contributed by atoms with Crippen molar-refractivity contribution >= 4 is 7.25 Å². The average Bonchev–Trinajstić information content (AvgIpc) is 2.03. The molecule has 0 aromatic heterocycles. The van der Waals surface area contributed by atoms with Crippen molar-refractivity contribution in [3.8, 4) is 0 Å². The van der Waals surface area contributed by atoms with E-state index < -0.39 is 7.25 Å². The summed E-state index contributed by atoms with van der Waals surface area (Å²) in [5, 5.41) is 19.4. The van der Waals surface area contributed by atoms with Crippen molar-refractivity contribution in [1.29, 1.82) is 0 Å². The van der Waals surface area contributed by atoms with Gasteiger partial charge in [0.15, 0.2) is 0 Å². The van der Waals surface area contributed by atoms with Gasteiger partial charge in [-0.2, -0.15) is 0 Å². The largest absolute Gasteiger partial charge is 0.549 e. The Balaban J connectivity index is 2.39. The minimum atomic E-state index is -1.43. The molecule has 1 aromatic rings. The van der Waals surface area contributed by atoms with Crippen molar-refractivity contribution in [2.75, 3.05) is 0 Å². The molecule has 0 radical (unpaired) electrons. The molecule has 0 amide bonds. The van der Waals surface area contributed by atoms with Crippen LogP contribution < -0.4 is 5.23 Å². The molecule has 3 nitrogen and oxygen atoms in total. The maximum Gasteiger partial charge on any atom is 0.549 e. The first kappa shape index (κ1) is 8.26. The van der Waals surface area contributed by atoms with Gasteiger partial charge >= 0.3 is 7.25 Å². The third-order valence-corrected chi connectivity index (χ3v) is 1.33. The summed E-state index contributed by atoms with van der Waals surface area (Å²) < 4.78 is 0. The van der Waals surface area contributed by atoms with E-state index in [1.165, 1.54) is 0 Å². The zero-order chi connectivity index (χ0) is 8.10.